The molecule has 0 bridgehead atoms. The van der Waals surface area contributed by atoms with E-state index in [-0.39, 0.29) is 18.4 Å². The Morgan fingerprint density at radius 1 is 1.22 bits per heavy atom. The highest BCUT2D eigenvalue weighted by atomic mass is 35.5. The molecule has 0 aliphatic carbocycles. The molecule has 7 heteroatoms. The summed E-state index contributed by atoms with van der Waals surface area (Å²) >= 11 is 7.33. The van der Waals surface area contributed by atoms with Crippen LogP contribution in [0.3, 0.4) is 0 Å². The van der Waals surface area contributed by atoms with Crippen LogP contribution < -0.4 is 10.2 Å². The number of benzene rings is 2. The first-order valence-electron chi connectivity index (χ1n) is 8.40. The lowest BCUT2D eigenvalue weighted by Gasteiger charge is -2.29. The Hall–Kier alpha value is -2.28. The average Bonchev–Trinajstić information content (AvgIpc) is 2.67. The van der Waals surface area contributed by atoms with Crippen LogP contribution in [0.2, 0.25) is 5.02 Å². The molecule has 0 aromatic heterocycles. The largest absolute Gasteiger partial charge is 0.383 e. The fraction of sp³-hybridized carbons (Fsp3) is 0.200. The van der Waals surface area contributed by atoms with Gasteiger partial charge in [0, 0.05) is 23.6 Å². The molecule has 2 amide bonds. The minimum absolute atomic E-state index is 0.0436. The summed E-state index contributed by atoms with van der Waals surface area (Å²) in [6.45, 7) is 0.785. The molecule has 0 saturated carbocycles. The van der Waals surface area contributed by atoms with Gasteiger partial charge in [-0.2, -0.15) is 0 Å². The summed E-state index contributed by atoms with van der Waals surface area (Å²) in [5, 5.41) is 3.39. The van der Waals surface area contributed by atoms with Crippen LogP contribution in [0.4, 0.5) is 5.69 Å². The molecular weight excluding hydrogens is 384 g/mol. The SMILES string of the molecule is COCCNC(=O)CN1C(=O)/C(=C\c2ccc(Cl)cc2)Sc2ccccc21. The summed E-state index contributed by atoms with van der Waals surface area (Å²) in [6, 6.07) is 14.8. The number of fused-ring (bicyclic) bond motifs is 1. The van der Waals surface area contributed by atoms with Crippen LogP contribution in [0, 0.1) is 0 Å². The molecule has 0 spiro atoms. The van der Waals surface area contributed by atoms with Gasteiger partial charge in [0.15, 0.2) is 0 Å². The number of thioether (sulfide) groups is 1. The highest BCUT2D eigenvalue weighted by Crippen LogP contribution is 2.41. The summed E-state index contributed by atoms with van der Waals surface area (Å²) in [5.41, 5.74) is 1.61. The Morgan fingerprint density at radius 3 is 2.70 bits per heavy atom. The topological polar surface area (TPSA) is 58.6 Å². The van der Waals surface area contributed by atoms with Crippen LogP contribution in [0.5, 0.6) is 0 Å². The Morgan fingerprint density at radius 2 is 1.96 bits per heavy atom. The van der Waals surface area contributed by atoms with Gasteiger partial charge in [-0.05, 0) is 35.9 Å². The van der Waals surface area contributed by atoms with E-state index in [0.29, 0.717) is 23.1 Å². The second kappa shape index (κ2) is 9.08. The zero-order valence-corrected chi connectivity index (χ0v) is 16.3. The van der Waals surface area contributed by atoms with E-state index in [1.807, 2.05) is 42.5 Å². The van der Waals surface area contributed by atoms with Crippen molar-refractivity contribution in [3.63, 3.8) is 0 Å². The first-order valence-corrected chi connectivity index (χ1v) is 9.59. The second-order valence-corrected chi connectivity index (χ2v) is 7.38. The van der Waals surface area contributed by atoms with Gasteiger partial charge in [0.2, 0.25) is 5.91 Å². The Labute approximate surface area is 167 Å². The van der Waals surface area contributed by atoms with Crippen LogP contribution >= 0.6 is 23.4 Å². The van der Waals surface area contributed by atoms with E-state index in [1.165, 1.54) is 16.7 Å². The zero-order chi connectivity index (χ0) is 19.2. The molecule has 0 radical (unpaired) electrons. The van der Waals surface area contributed by atoms with Gasteiger partial charge in [-0.15, -0.1) is 0 Å². The molecular formula is C20H19ClN2O3S. The van der Waals surface area contributed by atoms with Crippen LogP contribution in [0.1, 0.15) is 5.56 Å². The number of ether oxygens (including phenoxy) is 1. The molecule has 2 aromatic rings. The quantitative estimate of drug-likeness (QED) is 0.592. The number of carbonyl (C=O) groups is 2. The third-order valence-corrected chi connectivity index (χ3v) is 5.26. The minimum Gasteiger partial charge on any atom is -0.383 e. The molecule has 0 unspecified atom stereocenters. The Balaban J connectivity index is 1.86. The summed E-state index contributed by atoms with van der Waals surface area (Å²) in [6.07, 6.45) is 1.81. The van der Waals surface area contributed by atoms with Crippen molar-refractivity contribution in [3.8, 4) is 0 Å². The fourth-order valence-electron chi connectivity index (χ4n) is 2.62. The van der Waals surface area contributed by atoms with Gasteiger partial charge < -0.3 is 10.1 Å². The molecule has 1 heterocycles. The summed E-state index contributed by atoms with van der Waals surface area (Å²) < 4.78 is 4.93. The minimum atomic E-state index is -0.229. The van der Waals surface area contributed by atoms with E-state index in [1.54, 1.807) is 19.2 Å². The van der Waals surface area contributed by atoms with E-state index in [4.69, 9.17) is 16.3 Å². The van der Waals surface area contributed by atoms with E-state index in [9.17, 15) is 9.59 Å². The first-order chi connectivity index (χ1) is 13.1. The summed E-state index contributed by atoms with van der Waals surface area (Å²) in [4.78, 5) is 28.3. The molecule has 1 N–H and O–H groups in total. The lowest BCUT2D eigenvalue weighted by atomic mass is 10.2. The Kier molecular flexibility index (Phi) is 6.55. The summed E-state index contributed by atoms with van der Waals surface area (Å²) in [5.74, 6) is -0.427. The maximum Gasteiger partial charge on any atom is 0.265 e. The lowest BCUT2D eigenvalue weighted by molar-refractivity contribution is -0.122. The smallest absolute Gasteiger partial charge is 0.265 e. The predicted octanol–water partition coefficient (Wildman–Crippen LogP) is 3.58. The highest BCUT2D eigenvalue weighted by Gasteiger charge is 2.30. The van der Waals surface area contributed by atoms with E-state index in [2.05, 4.69) is 5.32 Å². The third-order valence-electron chi connectivity index (χ3n) is 3.93. The predicted molar refractivity (Wildman–Crippen MR) is 109 cm³/mol. The van der Waals surface area contributed by atoms with Gasteiger partial charge in [-0.1, -0.05) is 47.6 Å². The van der Waals surface area contributed by atoms with Crippen molar-refractivity contribution in [1.29, 1.82) is 0 Å². The monoisotopic (exact) mass is 402 g/mol. The molecule has 0 atom stereocenters. The second-order valence-electron chi connectivity index (χ2n) is 5.86. The molecule has 1 aliphatic heterocycles. The zero-order valence-electron chi connectivity index (χ0n) is 14.8. The van der Waals surface area contributed by atoms with Crippen LogP contribution in [0.15, 0.2) is 58.3 Å². The van der Waals surface area contributed by atoms with Crippen LogP contribution in [0.25, 0.3) is 6.08 Å². The van der Waals surface area contributed by atoms with Crippen molar-refractivity contribution in [2.24, 2.45) is 0 Å². The number of anilines is 1. The van der Waals surface area contributed by atoms with Gasteiger partial charge in [-0.3, -0.25) is 14.5 Å². The molecule has 140 valence electrons. The number of amides is 2. The number of nitrogens with zero attached hydrogens (tertiary/aromatic N) is 1. The number of rotatable bonds is 6. The number of halogens is 1. The number of para-hydroxylation sites is 1. The standard InChI is InChI=1S/C20H19ClN2O3S/c1-26-11-10-22-19(24)13-23-16-4-2-3-5-17(16)27-18(20(23)25)12-14-6-8-15(21)9-7-14/h2-9,12H,10-11,13H2,1H3,(H,22,24)/b18-12+. The van der Waals surface area contributed by atoms with Gasteiger partial charge in [0.05, 0.1) is 17.2 Å². The maximum atomic E-state index is 13.0. The van der Waals surface area contributed by atoms with Gasteiger partial charge in [0.25, 0.3) is 5.91 Å². The van der Waals surface area contributed by atoms with E-state index >= 15 is 0 Å². The summed E-state index contributed by atoms with van der Waals surface area (Å²) in [7, 11) is 1.57. The van der Waals surface area contributed by atoms with E-state index in [0.717, 1.165) is 16.1 Å². The van der Waals surface area contributed by atoms with Crippen molar-refractivity contribution in [3.05, 3.63) is 64.0 Å². The highest BCUT2D eigenvalue weighted by molar-refractivity contribution is 8.04. The van der Waals surface area contributed by atoms with Crippen molar-refractivity contribution < 1.29 is 14.3 Å². The number of hydrogen-bond acceptors (Lipinski definition) is 4. The maximum absolute atomic E-state index is 13.0. The van der Waals surface area contributed by atoms with Crippen molar-refractivity contribution in [2.75, 3.05) is 31.7 Å². The third kappa shape index (κ3) is 4.91. The molecule has 0 saturated heterocycles. The van der Waals surface area contributed by atoms with Gasteiger partial charge in [-0.25, -0.2) is 0 Å². The van der Waals surface area contributed by atoms with Crippen molar-refractivity contribution >= 4 is 46.9 Å². The fourth-order valence-corrected chi connectivity index (χ4v) is 3.81. The van der Waals surface area contributed by atoms with Crippen molar-refractivity contribution in [1.82, 2.24) is 5.32 Å². The normalized spacial score (nSPS) is 15.0. The Bertz CT molecular complexity index is 868. The molecule has 0 fully saturated rings. The number of hydrogen-bond donors (Lipinski definition) is 1. The lowest BCUT2D eigenvalue weighted by Crippen LogP contribution is -2.43. The molecule has 1 aliphatic rings. The van der Waals surface area contributed by atoms with Crippen LogP contribution in [-0.4, -0.2) is 38.6 Å². The number of nitrogens with one attached hydrogen (secondary N) is 1. The number of methoxy groups -OCH3 is 1. The van der Waals surface area contributed by atoms with E-state index < -0.39 is 0 Å². The molecule has 3 rings (SSSR count). The molecule has 5 nitrogen and oxygen atoms in total. The van der Waals surface area contributed by atoms with Crippen molar-refractivity contribution in [2.45, 2.75) is 4.90 Å². The molecule has 2 aromatic carbocycles. The molecule has 27 heavy (non-hydrogen) atoms. The van der Waals surface area contributed by atoms with Gasteiger partial charge >= 0.3 is 0 Å². The van der Waals surface area contributed by atoms with Gasteiger partial charge in [0.1, 0.15) is 6.54 Å². The number of carbonyl (C=O) groups excluding carboxylic acids is 2. The van der Waals surface area contributed by atoms with Crippen LogP contribution in [-0.2, 0) is 14.3 Å². The average molecular weight is 403 g/mol. The first kappa shape index (κ1) is 19.5.